The fourth-order valence-corrected chi connectivity index (χ4v) is 2.88. The highest BCUT2D eigenvalue weighted by molar-refractivity contribution is 8.00. The van der Waals surface area contributed by atoms with Crippen LogP contribution in [0.2, 0.25) is 0 Å². The Hall–Kier alpha value is -2.73. The van der Waals surface area contributed by atoms with E-state index in [0.29, 0.717) is 5.56 Å². The van der Waals surface area contributed by atoms with Gasteiger partial charge in [-0.3, -0.25) is 9.59 Å². The zero-order valence-corrected chi connectivity index (χ0v) is 13.7. The van der Waals surface area contributed by atoms with Crippen LogP contribution in [-0.4, -0.2) is 16.6 Å². The summed E-state index contributed by atoms with van der Waals surface area (Å²) in [6.07, 6.45) is -4.50. The summed E-state index contributed by atoms with van der Waals surface area (Å²) < 4.78 is 38.0. The normalized spacial score (nSPS) is 11.0. The molecule has 1 aromatic carbocycles. The summed E-state index contributed by atoms with van der Waals surface area (Å²) in [6, 6.07) is 7.48. The predicted octanol–water partition coefficient (Wildman–Crippen LogP) is 3.30. The van der Waals surface area contributed by atoms with Crippen molar-refractivity contribution < 1.29 is 18.0 Å². The molecule has 0 unspecified atom stereocenters. The first kappa shape index (κ1) is 18.6. The van der Waals surface area contributed by atoms with Gasteiger partial charge >= 0.3 is 6.18 Å². The Labute approximate surface area is 144 Å². The minimum Gasteiger partial charge on any atom is -0.325 e. The highest BCUT2D eigenvalue weighted by Crippen LogP contribution is 2.30. The molecule has 0 bridgehead atoms. The molecule has 5 nitrogen and oxygen atoms in total. The quantitative estimate of drug-likeness (QED) is 0.812. The summed E-state index contributed by atoms with van der Waals surface area (Å²) in [5.41, 5.74) is -0.535. The van der Waals surface area contributed by atoms with Crippen LogP contribution in [-0.2, 0) is 11.0 Å². The van der Waals surface area contributed by atoms with Gasteiger partial charge in [-0.2, -0.15) is 18.4 Å². The summed E-state index contributed by atoms with van der Waals surface area (Å²) in [4.78, 5) is 25.9. The van der Waals surface area contributed by atoms with Gasteiger partial charge in [0.05, 0.1) is 21.9 Å². The Balaban J connectivity index is 2.08. The number of hydrogen-bond acceptors (Lipinski definition) is 4. The number of halogens is 3. The molecular formula is C16H12F3N3O2S. The largest absolute Gasteiger partial charge is 0.416 e. The van der Waals surface area contributed by atoms with Crippen LogP contribution in [0, 0.1) is 18.3 Å². The lowest BCUT2D eigenvalue weighted by atomic mass is 10.2. The smallest absolute Gasteiger partial charge is 0.325 e. The van der Waals surface area contributed by atoms with Crippen LogP contribution in [0.15, 0.2) is 40.2 Å². The monoisotopic (exact) mass is 367 g/mol. The number of H-pyrrole nitrogens is 1. The van der Waals surface area contributed by atoms with Crippen LogP contribution in [0.5, 0.6) is 0 Å². The number of aryl methyl sites for hydroxylation is 1. The predicted molar refractivity (Wildman–Crippen MR) is 87.3 cm³/mol. The van der Waals surface area contributed by atoms with Gasteiger partial charge in [0.1, 0.15) is 6.07 Å². The van der Waals surface area contributed by atoms with Crippen LogP contribution in [0.3, 0.4) is 0 Å². The topological polar surface area (TPSA) is 85.8 Å². The van der Waals surface area contributed by atoms with Crippen molar-refractivity contribution in [3.63, 3.8) is 0 Å². The van der Waals surface area contributed by atoms with Crippen molar-refractivity contribution in [3.8, 4) is 6.07 Å². The Bertz CT molecular complexity index is 901. The molecule has 0 saturated heterocycles. The molecule has 1 heterocycles. The average molecular weight is 367 g/mol. The fourth-order valence-electron chi connectivity index (χ4n) is 2.01. The van der Waals surface area contributed by atoms with Crippen molar-refractivity contribution in [3.05, 3.63) is 57.4 Å². The molecule has 0 atom stereocenters. The van der Waals surface area contributed by atoms with E-state index >= 15 is 0 Å². The molecule has 130 valence electrons. The number of pyridine rings is 1. The van der Waals surface area contributed by atoms with Crippen LogP contribution in [0.1, 0.15) is 16.7 Å². The molecule has 0 aliphatic heterocycles. The van der Waals surface area contributed by atoms with Gasteiger partial charge in [-0.1, -0.05) is 17.8 Å². The Morgan fingerprint density at radius 2 is 2.08 bits per heavy atom. The number of carbonyl (C=O) groups excluding carboxylic acids is 1. The second kappa shape index (κ2) is 7.44. The number of amides is 1. The van der Waals surface area contributed by atoms with E-state index in [4.69, 9.17) is 5.26 Å². The summed E-state index contributed by atoms with van der Waals surface area (Å²) >= 11 is 0.925. The Morgan fingerprint density at radius 1 is 1.36 bits per heavy atom. The number of aromatic amines is 1. The van der Waals surface area contributed by atoms with E-state index in [0.717, 1.165) is 23.9 Å². The number of alkyl halides is 3. The molecular weight excluding hydrogens is 355 g/mol. The maximum Gasteiger partial charge on any atom is 0.416 e. The van der Waals surface area contributed by atoms with Gasteiger partial charge in [-0.15, -0.1) is 0 Å². The lowest BCUT2D eigenvalue weighted by Gasteiger charge is -2.10. The van der Waals surface area contributed by atoms with Crippen LogP contribution in [0.4, 0.5) is 18.9 Å². The summed E-state index contributed by atoms with van der Waals surface area (Å²) in [5.74, 6) is -0.736. The van der Waals surface area contributed by atoms with Crippen LogP contribution < -0.4 is 10.9 Å². The maximum atomic E-state index is 12.7. The molecule has 0 spiro atoms. The Kier molecular flexibility index (Phi) is 5.54. The SMILES string of the molecule is Cc1cc(=O)[nH]c(SCC(=O)Nc2cccc(C(F)(F)F)c2)c1C#N. The van der Waals surface area contributed by atoms with Crippen molar-refractivity contribution in [2.45, 2.75) is 18.1 Å². The molecule has 0 aliphatic carbocycles. The highest BCUT2D eigenvalue weighted by Gasteiger charge is 2.30. The van der Waals surface area contributed by atoms with Gasteiger partial charge in [-0.25, -0.2) is 0 Å². The van der Waals surface area contributed by atoms with E-state index in [9.17, 15) is 22.8 Å². The van der Waals surface area contributed by atoms with Gasteiger partial charge < -0.3 is 10.3 Å². The van der Waals surface area contributed by atoms with E-state index in [-0.39, 0.29) is 22.0 Å². The summed E-state index contributed by atoms with van der Waals surface area (Å²) in [7, 11) is 0. The zero-order chi connectivity index (χ0) is 18.6. The summed E-state index contributed by atoms with van der Waals surface area (Å²) in [5, 5.41) is 11.7. The van der Waals surface area contributed by atoms with Gasteiger partial charge in [0.15, 0.2) is 0 Å². The number of carbonyl (C=O) groups is 1. The molecule has 1 aromatic heterocycles. The van der Waals surface area contributed by atoms with Gasteiger partial charge in [0.25, 0.3) is 0 Å². The molecule has 0 radical (unpaired) electrons. The molecule has 1 amide bonds. The van der Waals surface area contributed by atoms with Crippen LogP contribution in [0.25, 0.3) is 0 Å². The first-order chi connectivity index (χ1) is 11.7. The van der Waals surface area contributed by atoms with Crippen LogP contribution >= 0.6 is 11.8 Å². The van der Waals surface area contributed by atoms with Crippen molar-refractivity contribution in [1.82, 2.24) is 4.98 Å². The van der Waals surface area contributed by atoms with E-state index in [2.05, 4.69) is 10.3 Å². The zero-order valence-electron chi connectivity index (χ0n) is 12.9. The Morgan fingerprint density at radius 3 is 2.72 bits per heavy atom. The van der Waals surface area contributed by atoms with Crippen molar-refractivity contribution in [2.24, 2.45) is 0 Å². The van der Waals surface area contributed by atoms with Gasteiger partial charge in [0, 0.05) is 11.8 Å². The van der Waals surface area contributed by atoms with Crippen molar-refractivity contribution in [2.75, 3.05) is 11.1 Å². The number of hydrogen-bond donors (Lipinski definition) is 2. The number of nitrogens with zero attached hydrogens (tertiary/aromatic N) is 1. The molecule has 2 aromatic rings. The first-order valence-corrected chi connectivity index (χ1v) is 7.93. The molecule has 0 saturated carbocycles. The third-order valence-corrected chi connectivity index (χ3v) is 4.14. The van der Waals surface area contributed by atoms with E-state index in [1.54, 1.807) is 6.92 Å². The first-order valence-electron chi connectivity index (χ1n) is 6.94. The second-order valence-electron chi connectivity index (χ2n) is 5.05. The third kappa shape index (κ3) is 4.87. The molecule has 0 aliphatic rings. The van der Waals surface area contributed by atoms with E-state index in [1.807, 2.05) is 6.07 Å². The molecule has 2 rings (SSSR count). The minimum absolute atomic E-state index is 0.0127. The average Bonchev–Trinajstić information content (AvgIpc) is 2.52. The standard InChI is InChI=1S/C16H12F3N3O2S/c1-9-5-13(23)22-15(12(9)7-20)25-8-14(24)21-11-4-2-3-10(6-11)16(17,18)19/h2-6H,8H2,1H3,(H,21,24)(H,22,23). The lowest BCUT2D eigenvalue weighted by molar-refractivity contribution is -0.137. The molecule has 2 N–H and O–H groups in total. The number of benzene rings is 1. The molecule has 0 fully saturated rings. The minimum atomic E-state index is -4.50. The number of rotatable bonds is 4. The third-order valence-electron chi connectivity index (χ3n) is 3.14. The number of aromatic nitrogens is 1. The highest BCUT2D eigenvalue weighted by atomic mass is 32.2. The number of anilines is 1. The summed E-state index contributed by atoms with van der Waals surface area (Å²) in [6.45, 7) is 1.60. The number of nitrogens with one attached hydrogen (secondary N) is 2. The second-order valence-corrected chi connectivity index (χ2v) is 6.03. The molecule has 9 heteroatoms. The van der Waals surface area contributed by atoms with Gasteiger partial charge in [-0.05, 0) is 30.7 Å². The number of thioether (sulfide) groups is 1. The number of nitriles is 1. The van der Waals surface area contributed by atoms with E-state index in [1.165, 1.54) is 18.2 Å². The van der Waals surface area contributed by atoms with E-state index < -0.39 is 23.2 Å². The lowest BCUT2D eigenvalue weighted by Crippen LogP contribution is -2.16. The van der Waals surface area contributed by atoms with Crippen molar-refractivity contribution in [1.29, 1.82) is 5.26 Å². The maximum absolute atomic E-state index is 12.7. The molecule has 25 heavy (non-hydrogen) atoms. The van der Waals surface area contributed by atoms with Gasteiger partial charge in [0.2, 0.25) is 11.5 Å². The van der Waals surface area contributed by atoms with Crippen molar-refractivity contribution >= 4 is 23.4 Å². The fraction of sp³-hybridized carbons (Fsp3) is 0.188.